The van der Waals surface area contributed by atoms with E-state index in [4.69, 9.17) is 11.6 Å². The van der Waals surface area contributed by atoms with Crippen molar-refractivity contribution < 1.29 is 14.0 Å². The van der Waals surface area contributed by atoms with Gasteiger partial charge < -0.3 is 15.5 Å². The fourth-order valence-corrected chi connectivity index (χ4v) is 3.89. The molecule has 8 heteroatoms. The van der Waals surface area contributed by atoms with E-state index >= 15 is 0 Å². The molecule has 3 aromatic carbocycles. The van der Waals surface area contributed by atoms with Crippen molar-refractivity contribution in [2.24, 2.45) is 4.99 Å². The van der Waals surface area contributed by atoms with Crippen LogP contribution in [-0.4, -0.2) is 37.4 Å². The van der Waals surface area contributed by atoms with E-state index in [-0.39, 0.29) is 5.56 Å². The SMILES string of the molecule is CN1C(=O)C(NC(=O)NCCc2cccc(Cl)c2)N=C(c2ccccc2F)c2ccccc21. The van der Waals surface area contributed by atoms with Gasteiger partial charge in [0.15, 0.2) is 0 Å². The van der Waals surface area contributed by atoms with Crippen LogP contribution in [0, 0.1) is 5.82 Å². The summed E-state index contributed by atoms with van der Waals surface area (Å²) in [7, 11) is 1.60. The minimum Gasteiger partial charge on any atom is -0.338 e. The summed E-state index contributed by atoms with van der Waals surface area (Å²) in [5.74, 6) is -0.897. The molecular weight excluding hydrogens is 443 g/mol. The standard InChI is InChI=1S/C25H22ClFN4O2/c1-31-21-12-5-3-10-19(21)22(18-9-2-4-11-20(18)27)29-23(24(31)32)30-25(33)28-14-13-16-7-6-8-17(26)15-16/h2-12,15,23H,13-14H2,1H3,(H2,28,30,33). The molecule has 6 nitrogen and oxygen atoms in total. The van der Waals surface area contributed by atoms with Gasteiger partial charge in [0.05, 0.1) is 11.4 Å². The number of para-hydroxylation sites is 1. The molecule has 0 aliphatic carbocycles. The number of nitrogens with zero attached hydrogens (tertiary/aromatic N) is 2. The van der Waals surface area contributed by atoms with Crippen LogP contribution in [0.5, 0.6) is 0 Å². The van der Waals surface area contributed by atoms with Crippen molar-refractivity contribution in [2.45, 2.75) is 12.6 Å². The molecule has 1 aliphatic heterocycles. The number of carbonyl (C=O) groups is 2. The van der Waals surface area contributed by atoms with Crippen LogP contribution in [0.15, 0.2) is 77.8 Å². The van der Waals surface area contributed by atoms with Gasteiger partial charge in [-0.05, 0) is 42.3 Å². The van der Waals surface area contributed by atoms with Crippen LogP contribution >= 0.6 is 11.6 Å². The van der Waals surface area contributed by atoms with Gasteiger partial charge >= 0.3 is 6.03 Å². The van der Waals surface area contributed by atoms with E-state index in [9.17, 15) is 14.0 Å². The monoisotopic (exact) mass is 464 g/mol. The molecule has 1 aliphatic rings. The number of hydrogen-bond acceptors (Lipinski definition) is 3. The molecule has 2 N–H and O–H groups in total. The minimum atomic E-state index is -1.22. The van der Waals surface area contributed by atoms with E-state index < -0.39 is 23.9 Å². The van der Waals surface area contributed by atoms with Gasteiger partial charge in [-0.15, -0.1) is 0 Å². The van der Waals surface area contributed by atoms with E-state index in [0.717, 1.165) is 5.56 Å². The lowest BCUT2D eigenvalue weighted by atomic mass is 10.00. The number of aliphatic imine (C=N–C) groups is 1. The Morgan fingerprint density at radius 2 is 1.79 bits per heavy atom. The average molecular weight is 465 g/mol. The van der Waals surface area contributed by atoms with Crippen molar-refractivity contribution in [3.05, 3.63) is 100 Å². The molecule has 0 bridgehead atoms. The van der Waals surface area contributed by atoms with Crippen molar-refractivity contribution in [1.82, 2.24) is 10.6 Å². The van der Waals surface area contributed by atoms with E-state index in [1.165, 1.54) is 11.0 Å². The molecule has 4 rings (SSSR count). The van der Waals surface area contributed by atoms with Crippen LogP contribution in [0.4, 0.5) is 14.9 Å². The Morgan fingerprint density at radius 1 is 1.06 bits per heavy atom. The maximum atomic E-state index is 14.7. The number of urea groups is 1. The highest BCUT2D eigenvalue weighted by Crippen LogP contribution is 2.28. The topological polar surface area (TPSA) is 73.8 Å². The fourth-order valence-electron chi connectivity index (χ4n) is 3.67. The predicted molar refractivity (Wildman–Crippen MR) is 127 cm³/mol. The predicted octanol–water partition coefficient (Wildman–Crippen LogP) is 4.16. The molecule has 1 unspecified atom stereocenters. The Kier molecular flexibility index (Phi) is 6.70. The molecule has 168 valence electrons. The third-order valence-corrected chi connectivity index (χ3v) is 5.56. The minimum absolute atomic E-state index is 0.251. The van der Waals surface area contributed by atoms with Crippen LogP contribution in [0.2, 0.25) is 5.02 Å². The molecule has 0 fully saturated rings. The van der Waals surface area contributed by atoms with Crippen LogP contribution in [-0.2, 0) is 11.2 Å². The largest absolute Gasteiger partial charge is 0.338 e. The molecule has 0 saturated heterocycles. The van der Waals surface area contributed by atoms with Gasteiger partial charge in [0.25, 0.3) is 5.91 Å². The smallest absolute Gasteiger partial charge is 0.316 e. The van der Waals surface area contributed by atoms with Crippen molar-refractivity contribution >= 4 is 34.9 Å². The summed E-state index contributed by atoms with van der Waals surface area (Å²) in [5.41, 5.74) is 2.70. The average Bonchev–Trinajstić information content (AvgIpc) is 2.90. The number of fused-ring (bicyclic) bond motifs is 1. The van der Waals surface area contributed by atoms with Gasteiger partial charge in [-0.25, -0.2) is 14.2 Å². The quantitative estimate of drug-likeness (QED) is 0.595. The number of carbonyl (C=O) groups excluding carboxylic acids is 2. The van der Waals surface area contributed by atoms with Crippen LogP contribution in [0.1, 0.15) is 16.7 Å². The van der Waals surface area contributed by atoms with Gasteiger partial charge in [0.2, 0.25) is 6.17 Å². The third-order valence-electron chi connectivity index (χ3n) is 5.33. The first-order chi connectivity index (χ1) is 15.9. The lowest BCUT2D eigenvalue weighted by Gasteiger charge is -2.21. The molecule has 0 spiro atoms. The number of benzene rings is 3. The van der Waals surface area contributed by atoms with E-state index in [2.05, 4.69) is 15.6 Å². The molecule has 0 radical (unpaired) electrons. The Bertz CT molecular complexity index is 1230. The second kappa shape index (κ2) is 9.83. The zero-order valence-electron chi connectivity index (χ0n) is 17.9. The highest BCUT2D eigenvalue weighted by molar-refractivity contribution is 6.30. The Labute approximate surface area is 196 Å². The molecule has 33 heavy (non-hydrogen) atoms. The normalized spacial score (nSPS) is 15.4. The van der Waals surface area contributed by atoms with Gasteiger partial charge in [-0.3, -0.25) is 4.79 Å². The Morgan fingerprint density at radius 3 is 2.55 bits per heavy atom. The van der Waals surface area contributed by atoms with Crippen LogP contribution in [0.3, 0.4) is 0 Å². The first-order valence-corrected chi connectivity index (χ1v) is 10.8. The van der Waals surface area contributed by atoms with Crippen molar-refractivity contribution in [2.75, 3.05) is 18.5 Å². The number of likely N-dealkylation sites (N-methyl/N-ethyl adjacent to an activating group) is 1. The van der Waals surface area contributed by atoms with E-state index in [1.807, 2.05) is 18.2 Å². The van der Waals surface area contributed by atoms with Gasteiger partial charge in [0.1, 0.15) is 5.82 Å². The molecule has 0 aromatic heterocycles. The number of benzodiazepines with no additional fused rings is 1. The van der Waals surface area contributed by atoms with Crippen molar-refractivity contribution in [1.29, 1.82) is 0 Å². The maximum Gasteiger partial charge on any atom is 0.316 e. The first kappa shape index (κ1) is 22.5. The number of amides is 3. The van der Waals surface area contributed by atoms with Crippen LogP contribution in [0.25, 0.3) is 0 Å². The summed E-state index contributed by atoms with van der Waals surface area (Å²) in [4.78, 5) is 31.6. The second-order valence-corrected chi connectivity index (χ2v) is 7.99. The molecule has 1 heterocycles. The zero-order valence-corrected chi connectivity index (χ0v) is 18.6. The molecule has 0 saturated carbocycles. The summed E-state index contributed by atoms with van der Waals surface area (Å²) < 4.78 is 14.7. The van der Waals surface area contributed by atoms with Gasteiger partial charge in [-0.1, -0.05) is 54.1 Å². The third kappa shape index (κ3) is 5.04. The summed E-state index contributed by atoms with van der Waals surface area (Å²) in [5, 5.41) is 5.97. The zero-order chi connectivity index (χ0) is 23.4. The lowest BCUT2D eigenvalue weighted by molar-refractivity contribution is -0.119. The highest BCUT2D eigenvalue weighted by atomic mass is 35.5. The molecular formula is C25H22ClFN4O2. The van der Waals surface area contributed by atoms with Gasteiger partial charge in [-0.2, -0.15) is 0 Å². The fraction of sp³-hybridized carbons (Fsp3) is 0.160. The Hall–Kier alpha value is -3.71. The molecule has 3 aromatic rings. The molecule has 1 atom stereocenters. The second-order valence-electron chi connectivity index (χ2n) is 7.55. The number of anilines is 1. The summed E-state index contributed by atoms with van der Waals surface area (Å²) in [6.07, 6.45) is -0.648. The molecule has 3 amide bonds. The lowest BCUT2D eigenvalue weighted by Crippen LogP contribution is -2.49. The first-order valence-electron chi connectivity index (χ1n) is 10.4. The number of halogens is 2. The number of nitrogens with one attached hydrogen (secondary N) is 2. The van der Waals surface area contributed by atoms with E-state index in [0.29, 0.717) is 35.0 Å². The summed E-state index contributed by atoms with van der Waals surface area (Å²) in [6, 6.07) is 20.2. The highest BCUT2D eigenvalue weighted by Gasteiger charge is 2.31. The van der Waals surface area contributed by atoms with Gasteiger partial charge in [0, 0.05) is 29.7 Å². The van der Waals surface area contributed by atoms with E-state index in [1.54, 1.807) is 55.6 Å². The maximum absolute atomic E-state index is 14.7. The number of rotatable bonds is 5. The summed E-state index contributed by atoms with van der Waals surface area (Å²) in [6.45, 7) is 0.340. The number of hydrogen-bond donors (Lipinski definition) is 2. The Balaban J connectivity index is 1.57. The van der Waals surface area contributed by atoms with Crippen molar-refractivity contribution in [3.63, 3.8) is 0 Å². The van der Waals surface area contributed by atoms with Crippen LogP contribution < -0.4 is 15.5 Å². The summed E-state index contributed by atoms with van der Waals surface area (Å²) >= 11 is 5.99. The van der Waals surface area contributed by atoms with Crippen molar-refractivity contribution in [3.8, 4) is 0 Å².